The summed E-state index contributed by atoms with van der Waals surface area (Å²) in [6.07, 6.45) is 5.65. The van der Waals surface area contributed by atoms with E-state index in [-0.39, 0.29) is 12.0 Å². The zero-order valence-electron chi connectivity index (χ0n) is 10.5. The summed E-state index contributed by atoms with van der Waals surface area (Å²) in [6.45, 7) is 0. The molecule has 0 fully saturated rings. The van der Waals surface area contributed by atoms with Gasteiger partial charge in [0.25, 0.3) is 0 Å². The fourth-order valence-electron chi connectivity index (χ4n) is 2.24. The molecule has 0 saturated carbocycles. The highest BCUT2D eigenvalue weighted by molar-refractivity contribution is 5.36. The average Bonchev–Trinajstić information content (AvgIpc) is 2.46. The normalized spacial score (nSPS) is 12.1. The Morgan fingerprint density at radius 2 is 1.33 bits per heavy atom. The van der Waals surface area contributed by atoms with Crippen molar-refractivity contribution < 1.29 is 0 Å². The van der Waals surface area contributed by atoms with Crippen LogP contribution in [0.15, 0.2) is 60.7 Å². The Kier molecular flexibility index (Phi) is 4.17. The van der Waals surface area contributed by atoms with Crippen LogP contribution in [0.5, 0.6) is 0 Å². The van der Waals surface area contributed by atoms with Crippen LogP contribution in [0.1, 0.15) is 17.0 Å². The summed E-state index contributed by atoms with van der Waals surface area (Å²) in [5.41, 5.74) is 2.47. The van der Waals surface area contributed by atoms with Gasteiger partial charge in [-0.1, -0.05) is 66.6 Å². The van der Waals surface area contributed by atoms with E-state index >= 15 is 0 Å². The molecular weight excluding hydrogens is 218 g/mol. The Hall–Kier alpha value is -2.04. The van der Waals surface area contributed by atoms with Gasteiger partial charge >= 0.3 is 0 Å². The molecule has 0 heterocycles. The van der Waals surface area contributed by atoms with Crippen LogP contribution in [0.2, 0.25) is 0 Å². The number of rotatable bonds is 4. The number of hydrogen-bond donors (Lipinski definition) is 1. The highest BCUT2D eigenvalue weighted by Crippen LogP contribution is 2.27. The van der Waals surface area contributed by atoms with Crippen molar-refractivity contribution in [3.05, 3.63) is 71.8 Å². The fraction of sp³-hybridized carbons (Fsp3) is 0.176. The lowest BCUT2D eigenvalue weighted by Crippen LogP contribution is -2.31. The SMILES string of the molecule is C#CC(NC)C(c1ccccc1)c1ccccc1. The summed E-state index contributed by atoms with van der Waals surface area (Å²) in [7, 11) is 1.91. The molecule has 0 aliphatic rings. The lowest BCUT2D eigenvalue weighted by atomic mass is 9.85. The van der Waals surface area contributed by atoms with Gasteiger partial charge in [-0.3, -0.25) is 0 Å². The van der Waals surface area contributed by atoms with Crippen LogP contribution in [0, 0.1) is 12.3 Å². The summed E-state index contributed by atoms with van der Waals surface area (Å²) in [4.78, 5) is 0. The minimum atomic E-state index is -0.00481. The van der Waals surface area contributed by atoms with Crippen molar-refractivity contribution in [3.8, 4) is 12.3 Å². The summed E-state index contributed by atoms with van der Waals surface area (Å²) in [5.74, 6) is 3.02. The molecule has 0 aromatic heterocycles. The van der Waals surface area contributed by atoms with E-state index in [4.69, 9.17) is 6.42 Å². The largest absolute Gasteiger partial charge is 0.306 e. The van der Waals surface area contributed by atoms with Gasteiger partial charge in [-0.05, 0) is 18.2 Å². The Balaban J connectivity index is 2.45. The summed E-state index contributed by atoms with van der Waals surface area (Å²) in [6, 6.07) is 20.7. The molecule has 2 aromatic rings. The van der Waals surface area contributed by atoms with Gasteiger partial charge in [0.1, 0.15) is 0 Å². The smallest absolute Gasteiger partial charge is 0.0795 e. The maximum absolute atomic E-state index is 5.65. The summed E-state index contributed by atoms with van der Waals surface area (Å²) < 4.78 is 0. The standard InChI is InChI=1S/C17H17N/c1-3-16(18-2)17(14-10-6-4-7-11-14)15-12-8-5-9-13-15/h1,4-13,16-18H,2H3. The molecule has 2 aromatic carbocycles. The van der Waals surface area contributed by atoms with Gasteiger partial charge in [-0.15, -0.1) is 6.42 Å². The van der Waals surface area contributed by atoms with E-state index in [0.717, 1.165) is 0 Å². The molecule has 0 amide bonds. The van der Waals surface area contributed by atoms with Crippen LogP contribution in [-0.4, -0.2) is 13.1 Å². The van der Waals surface area contributed by atoms with Gasteiger partial charge in [-0.25, -0.2) is 0 Å². The van der Waals surface area contributed by atoms with E-state index in [0.29, 0.717) is 0 Å². The van der Waals surface area contributed by atoms with Gasteiger partial charge in [-0.2, -0.15) is 0 Å². The van der Waals surface area contributed by atoms with Crippen molar-refractivity contribution in [3.63, 3.8) is 0 Å². The van der Waals surface area contributed by atoms with Crippen LogP contribution in [0.4, 0.5) is 0 Å². The second-order valence-electron chi connectivity index (χ2n) is 4.23. The Morgan fingerprint density at radius 1 is 0.889 bits per heavy atom. The molecule has 1 nitrogen and oxygen atoms in total. The van der Waals surface area contributed by atoms with E-state index in [1.807, 2.05) is 19.2 Å². The van der Waals surface area contributed by atoms with Crippen LogP contribution in [0.25, 0.3) is 0 Å². The third kappa shape index (κ3) is 2.61. The number of hydrogen-bond acceptors (Lipinski definition) is 1. The van der Waals surface area contributed by atoms with E-state index < -0.39 is 0 Å². The van der Waals surface area contributed by atoms with E-state index in [9.17, 15) is 0 Å². The van der Waals surface area contributed by atoms with Gasteiger partial charge in [0, 0.05) is 5.92 Å². The molecule has 2 rings (SSSR count). The first-order valence-corrected chi connectivity index (χ1v) is 6.10. The molecule has 0 bridgehead atoms. The van der Waals surface area contributed by atoms with Crippen molar-refractivity contribution in [2.75, 3.05) is 7.05 Å². The van der Waals surface area contributed by atoms with Crippen LogP contribution in [-0.2, 0) is 0 Å². The van der Waals surface area contributed by atoms with Gasteiger partial charge in [0.05, 0.1) is 6.04 Å². The molecule has 18 heavy (non-hydrogen) atoms. The van der Waals surface area contributed by atoms with E-state index in [2.05, 4.69) is 59.8 Å². The second-order valence-corrected chi connectivity index (χ2v) is 4.23. The number of terminal acetylenes is 1. The predicted molar refractivity (Wildman–Crippen MR) is 76.4 cm³/mol. The minimum Gasteiger partial charge on any atom is -0.306 e. The predicted octanol–water partition coefficient (Wildman–Crippen LogP) is 3.04. The average molecular weight is 235 g/mol. The van der Waals surface area contributed by atoms with Gasteiger partial charge in [0.15, 0.2) is 0 Å². The monoisotopic (exact) mass is 235 g/mol. The van der Waals surface area contributed by atoms with Crippen molar-refractivity contribution in [2.24, 2.45) is 0 Å². The highest BCUT2D eigenvalue weighted by Gasteiger charge is 2.21. The van der Waals surface area contributed by atoms with E-state index in [1.165, 1.54) is 11.1 Å². The molecule has 0 saturated heterocycles. The van der Waals surface area contributed by atoms with E-state index in [1.54, 1.807) is 0 Å². The van der Waals surface area contributed by atoms with Crippen molar-refractivity contribution in [1.29, 1.82) is 0 Å². The molecule has 1 N–H and O–H groups in total. The van der Waals surface area contributed by atoms with Crippen LogP contribution >= 0.6 is 0 Å². The number of likely N-dealkylation sites (N-methyl/N-ethyl adjacent to an activating group) is 1. The fourth-order valence-corrected chi connectivity index (χ4v) is 2.24. The third-order valence-corrected chi connectivity index (χ3v) is 3.14. The molecular formula is C17H17N. The Morgan fingerprint density at radius 3 is 1.67 bits per heavy atom. The lowest BCUT2D eigenvalue weighted by molar-refractivity contribution is 0.612. The number of nitrogens with one attached hydrogen (secondary N) is 1. The van der Waals surface area contributed by atoms with Crippen LogP contribution < -0.4 is 5.32 Å². The molecule has 0 aliphatic carbocycles. The molecule has 0 aliphatic heterocycles. The quantitative estimate of drug-likeness (QED) is 0.803. The molecule has 0 radical (unpaired) electrons. The summed E-state index contributed by atoms with van der Waals surface area (Å²) in [5, 5.41) is 3.21. The zero-order chi connectivity index (χ0) is 12.8. The Bertz CT molecular complexity index is 471. The first-order valence-electron chi connectivity index (χ1n) is 6.10. The summed E-state index contributed by atoms with van der Waals surface area (Å²) >= 11 is 0. The highest BCUT2D eigenvalue weighted by atomic mass is 14.9. The second kappa shape index (κ2) is 6.05. The molecule has 1 unspecified atom stereocenters. The number of benzene rings is 2. The minimum absolute atomic E-state index is 0.00481. The molecule has 1 heteroatoms. The van der Waals surface area contributed by atoms with Crippen molar-refractivity contribution in [1.82, 2.24) is 5.32 Å². The molecule has 0 spiro atoms. The van der Waals surface area contributed by atoms with Crippen molar-refractivity contribution >= 4 is 0 Å². The maximum Gasteiger partial charge on any atom is 0.0795 e. The van der Waals surface area contributed by atoms with Crippen LogP contribution in [0.3, 0.4) is 0 Å². The molecule has 90 valence electrons. The zero-order valence-corrected chi connectivity index (χ0v) is 10.5. The topological polar surface area (TPSA) is 12.0 Å². The maximum atomic E-state index is 5.65. The van der Waals surface area contributed by atoms with Gasteiger partial charge in [0.2, 0.25) is 0 Å². The van der Waals surface area contributed by atoms with Crippen molar-refractivity contribution in [2.45, 2.75) is 12.0 Å². The first-order chi connectivity index (χ1) is 8.86. The third-order valence-electron chi connectivity index (χ3n) is 3.14. The van der Waals surface area contributed by atoms with Gasteiger partial charge < -0.3 is 5.32 Å². The Labute approximate surface area is 109 Å². The first kappa shape index (κ1) is 12.4. The molecule has 1 atom stereocenters. The lowest BCUT2D eigenvalue weighted by Gasteiger charge is -2.23.